The summed E-state index contributed by atoms with van der Waals surface area (Å²) in [4.78, 5) is 22.6. The van der Waals surface area contributed by atoms with Crippen molar-refractivity contribution < 1.29 is 19.1 Å². The Bertz CT molecular complexity index is 449. The summed E-state index contributed by atoms with van der Waals surface area (Å²) in [7, 11) is 0. The van der Waals surface area contributed by atoms with Crippen LogP contribution in [0.2, 0.25) is 0 Å². The highest BCUT2D eigenvalue weighted by atomic mass is 16.5. The Morgan fingerprint density at radius 2 is 2.05 bits per heavy atom. The highest BCUT2D eigenvalue weighted by molar-refractivity contribution is 5.80. The first-order chi connectivity index (χ1) is 9.63. The Hall–Kier alpha value is -2.24. The lowest BCUT2D eigenvalue weighted by molar-refractivity contribution is -0.149. The largest absolute Gasteiger partial charge is 0.491 e. The zero-order valence-electron chi connectivity index (χ0n) is 11.6. The summed E-state index contributed by atoms with van der Waals surface area (Å²) < 4.78 is 10.2. The van der Waals surface area contributed by atoms with Gasteiger partial charge in [-0.25, -0.2) is 0 Å². The van der Waals surface area contributed by atoms with Crippen LogP contribution in [0.5, 0.6) is 5.75 Å². The Balaban J connectivity index is 2.17. The van der Waals surface area contributed by atoms with Gasteiger partial charge < -0.3 is 20.5 Å². The second-order valence-corrected chi connectivity index (χ2v) is 4.15. The van der Waals surface area contributed by atoms with Crippen LogP contribution in [0, 0.1) is 0 Å². The number of para-hydroxylation sites is 2. The highest BCUT2D eigenvalue weighted by Gasteiger charge is 2.07. The maximum absolute atomic E-state index is 11.4. The number of hydrogen-bond acceptors (Lipinski definition) is 5. The van der Waals surface area contributed by atoms with Crippen LogP contribution in [0.3, 0.4) is 0 Å². The number of esters is 1. The molecule has 0 aliphatic heterocycles. The molecule has 6 heteroatoms. The van der Waals surface area contributed by atoms with Gasteiger partial charge in [-0.2, -0.15) is 0 Å². The molecule has 0 atom stereocenters. The molecule has 0 spiro atoms. The summed E-state index contributed by atoms with van der Waals surface area (Å²) >= 11 is 0. The van der Waals surface area contributed by atoms with Gasteiger partial charge in [-0.15, -0.1) is 0 Å². The van der Waals surface area contributed by atoms with Crippen LogP contribution in [-0.2, 0) is 14.3 Å². The van der Waals surface area contributed by atoms with E-state index in [0.29, 0.717) is 18.0 Å². The van der Waals surface area contributed by atoms with E-state index in [4.69, 9.17) is 15.2 Å². The van der Waals surface area contributed by atoms with E-state index < -0.39 is 5.97 Å². The van der Waals surface area contributed by atoms with Gasteiger partial charge >= 0.3 is 5.97 Å². The van der Waals surface area contributed by atoms with Crippen molar-refractivity contribution in [1.82, 2.24) is 5.32 Å². The lowest BCUT2D eigenvalue weighted by atomic mass is 10.3. The molecule has 110 valence electrons. The van der Waals surface area contributed by atoms with Crippen molar-refractivity contribution in [3.8, 4) is 5.75 Å². The Morgan fingerprint density at radius 3 is 2.75 bits per heavy atom. The van der Waals surface area contributed by atoms with Gasteiger partial charge in [-0.1, -0.05) is 19.1 Å². The predicted molar refractivity (Wildman–Crippen MR) is 75.2 cm³/mol. The molecule has 0 saturated carbocycles. The van der Waals surface area contributed by atoms with Crippen molar-refractivity contribution in [1.29, 1.82) is 0 Å². The minimum atomic E-state index is -0.480. The molecule has 0 fully saturated rings. The van der Waals surface area contributed by atoms with Crippen molar-refractivity contribution >= 4 is 17.6 Å². The van der Waals surface area contributed by atoms with Gasteiger partial charge in [0.15, 0.2) is 6.61 Å². The normalized spacial score (nSPS) is 9.85. The summed E-state index contributed by atoms with van der Waals surface area (Å²) in [5.41, 5.74) is 6.20. The van der Waals surface area contributed by atoms with Gasteiger partial charge in [-0.05, 0) is 18.6 Å². The Morgan fingerprint density at radius 1 is 1.30 bits per heavy atom. The topological polar surface area (TPSA) is 90.6 Å². The number of nitrogens with one attached hydrogen (secondary N) is 1. The van der Waals surface area contributed by atoms with E-state index in [-0.39, 0.29) is 25.5 Å². The van der Waals surface area contributed by atoms with Gasteiger partial charge in [0.1, 0.15) is 5.75 Å². The Labute approximate surface area is 118 Å². The minimum absolute atomic E-state index is 0.0649. The van der Waals surface area contributed by atoms with Crippen LogP contribution < -0.4 is 15.8 Å². The number of ether oxygens (including phenoxy) is 2. The van der Waals surface area contributed by atoms with E-state index in [1.54, 1.807) is 24.3 Å². The number of hydrogen-bond donors (Lipinski definition) is 2. The first-order valence-electron chi connectivity index (χ1n) is 6.53. The van der Waals surface area contributed by atoms with E-state index in [9.17, 15) is 9.59 Å². The van der Waals surface area contributed by atoms with Crippen molar-refractivity contribution in [2.24, 2.45) is 0 Å². The third-order valence-electron chi connectivity index (χ3n) is 2.42. The standard InChI is InChI=1S/C14H20N2O4/c1-2-8-16-13(17)10-20-14(18)7-9-19-12-6-4-3-5-11(12)15/h3-6H,2,7-10,15H2,1H3,(H,16,17). The van der Waals surface area contributed by atoms with Crippen LogP contribution in [0.1, 0.15) is 19.8 Å². The lowest BCUT2D eigenvalue weighted by Gasteiger charge is -2.08. The molecule has 20 heavy (non-hydrogen) atoms. The molecule has 6 nitrogen and oxygen atoms in total. The monoisotopic (exact) mass is 280 g/mol. The lowest BCUT2D eigenvalue weighted by Crippen LogP contribution is -2.29. The second-order valence-electron chi connectivity index (χ2n) is 4.15. The number of carbonyl (C=O) groups is 2. The molecule has 0 saturated heterocycles. The molecule has 0 unspecified atom stereocenters. The summed E-state index contributed by atoms with van der Waals surface area (Å²) in [5, 5.41) is 2.61. The van der Waals surface area contributed by atoms with E-state index in [1.165, 1.54) is 0 Å². The summed E-state index contributed by atoms with van der Waals surface area (Å²) in [6, 6.07) is 7.03. The van der Waals surface area contributed by atoms with Crippen LogP contribution in [0.4, 0.5) is 5.69 Å². The maximum atomic E-state index is 11.4. The van der Waals surface area contributed by atoms with Crippen LogP contribution in [0.25, 0.3) is 0 Å². The van der Waals surface area contributed by atoms with E-state index in [0.717, 1.165) is 6.42 Å². The van der Waals surface area contributed by atoms with Crippen molar-refractivity contribution in [3.05, 3.63) is 24.3 Å². The molecule has 0 aliphatic rings. The Kier molecular flexibility index (Phi) is 6.95. The van der Waals surface area contributed by atoms with Crippen LogP contribution >= 0.6 is 0 Å². The fourth-order valence-corrected chi connectivity index (χ4v) is 1.39. The number of nitrogens with two attached hydrogens (primary N) is 1. The highest BCUT2D eigenvalue weighted by Crippen LogP contribution is 2.19. The van der Waals surface area contributed by atoms with Gasteiger partial charge in [0, 0.05) is 6.54 Å². The van der Waals surface area contributed by atoms with E-state index in [1.807, 2.05) is 6.92 Å². The first-order valence-corrected chi connectivity index (χ1v) is 6.53. The predicted octanol–water partition coefficient (Wildman–Crippen LogP) is 1.11. The smallest absolute Gasteiger partial charge is 0.309 e. The molecule has 1 amide bonds. The molecular weight excluding hydrogens is 260 g/mol. The molecule has 1 rings (SSSR count). The maximum Gasteiger partial charge on any atom is 0.309 e. The zero-order valence-corrected chi connectivity index (χ0v) is 11.6. The first kappa shape index (κ1) is 15.8. The molecule has 0 bridgehead atoms. The van der Waals surface area contributed by atoms with Gasteiger partial charge in [0.25, 0.3) is 5.91 Å². The fourth-order valence-electron chi connectivity index (χ4n) is 1.39. The van der Waals surface area contributed by atoms with Gasteiger partial charge in [-0.3, -0.25) is 9.59 Å². The van der Waals surface area contributed by atoms with Gasteiger partial charge in [0.2, 0.25) is 0 Å². The number of nitrogen functional groups attached to an aromatic ring is 1. The summed E-state index contributed by atoms with van der Waals surface area (Å²) in [6.45, 7) is 2.42. The third-order valence-corrected chi connectivity index (χ3v) is 2.42. The summed E-state index contributed by atoms with van der Waals surface area (Å²) in [5.74, 6) is -0.249. The zero-order chi connectivity index (χ0) is 14.8. The van der Waals surface area contributed by atoms with Crippen molar-refractivity contribution in [2.75, 3.05) is 25.5 Å². The molecule has 1 aromatic rings. The van der Waals surface area contributed by atoms with Gasteiger partial charge in [0.05, 0.1) is 18.7 Å². The quantitative estimate of drug-likeness (QED) is 0.550. The van der Waals surface area contributed by atoms with Crippen molar-refractivity contribution in [2.45, 2.75) is 19.8 Å². The molecular formula is C14H20N2O4. The number of carbonyl (C=O) groups excluding carboxylic acids is 2. The third kappa shape index (κ3) is 6.08. The second kappa shape index (κ2) is 8.79. The van der Waals surface area contributed by atoms with Crippen LogP contribution in [-0.4, -0.2) is 31.6 Å². The van der Waals surface area contributed by atoms with Crippen molar-refractivity contribution in [3.63, 3.8) is 0 Å². The molecule has 3 N–H and O–H groups in total. The number of rotatable bonds is 8. The molecule has 0 aromatic heterocycles. The van der Waals surface area contributed by atoms with Crippen LogP contribution in [0.15, 0.2) is 24.3 Å². The summed E-state index contributed by atoms with van der Waals surface area (Å²) in [6.07, 6.45) is 0.904. The number of amides is 1. The van der Waals surface area contributed by atoms with E-state index >= 15 is 0 Å². The molecule has 0 heterocycles. The SMILES string of the molecule is CCCNC(=O)COC(=O)CCOc1ccccc1N. The minimum Gasteiger partial charge on any atom is -0.491 e. The van der Waals surface area contributed by atoms with E-state index in [2.05, 4.69) is 5.32 Å². The number of anilines is 1. The average molecular weight is 280 g/mol. The number of benzene rings is 1. The molecule has 0 radical (unpaired) electrons. The molecule has 0 aliphatic carbocycles. The fraction of sp³-hybridized carbons (Fsp3) is 0.429. The average Bonchev–Trinajstić information content (AvgIpc) is 2.45. The molecule has 1 aromatic carbocycles.